The highest BCUT2D eigenvalue weighted by Gasteiger charge is 2.26. The molecule has 17 heavy (non-hydrogen) atoms. The molecule has 0 aromatic heterocycles. The third kappa shape index (κ3) is 10.5. The number of hydrogen-bond donors (Lipinski definition) is 0. The maximum absolute atomic E-state index is 11.8. The van der Waals surface area contributed by atoms with Crippen molar-refractivity contribution in [3.63, 3.8) is 0 Å². The van der Waals surface area contributed by atoms with Gasteiger partial charge in [-0.25, -0.2) is 0 Å². The lowest BCUT2D eigenvalue weighted by atomic mass is 10.2. The minimum Gasteiger partial charge on any atom is -0.465 e. The quantitative estimate of drug-likeness (QED) is 0.522. The Bertz CT molecular complexity index is 229. The average Bonchev–Trinajstić information content (AvgIpc) is 2.19. The van der Waals surface area contributed by atoms with Crippen LogP contribution in [-0.4, -0.2) is 29.8 Å². The zero-order chi connectivity index (χ0) is 13.5. The van der Waals surface area contributed by atoms with Crippen molar-refractivity contribution in [2.24, 2.45) is 5.92 Å². The van der Waals surface area contributed by atoms with E-state index in [0.29, 0.717) is 12.4 Å². The summed E-state index contributed by atoms with van der Waals surface area (Å²) in [5.74, 6) is 0.231. The van der Waals surface area contributed by atoms with E-state index in [1.165, 1.54) is 11.8 Å². The molecular weight excluding hydrogens is 253 g/mol. The van der Waals surface area contributed by atoms with Crippen LogP contribution in [0.3, 0.4) is 0 Å². The predicted octanol–water partition coefficient (Wildman–Crippen LogP) is 3.65. The van der Waals surface area contributed by atoms with E-state index in [1.54, 1.807) is 6.92 Å². The van der Waals surface area contributed by atoms with Crippen LogP contribution in [0.15, 0.2) is 0 Å². The third-order valence-corrected chi connectivity index (χ3v) is 3.08. The smallest absolute Gasteiger partial charge is 0.389 e. The first-order valence-electron chi connectivity index (χ1n) is 5.57. The molecule has 0 rings (SSSR count). The van der Waals surface area contributed by atoms with Crippen molar-refractivity contribution >= 4 is 17.7 Å². The van der Waals surface area contributed by atoms with Gasteiger partial charge in [-0.15, -0.1) is 11.8 Å². The number of halogens is 3. The van der Waals surface area contributed by atoms with E-state index in [0.717, 1.165) is 0 Å². The molecule has 0 spiro atoms. The fraction of sp³-hybridized carbons (Fsp3) is 0.909. The van der Waals surface area contributed by atoms with Crippen molar-refractivity contribution in [1.82, 2.24) is 0 Å². The Kier molecular flexibility index (Phi) is 7.66. The molecule has 0 aliphatic heterocycles. The number of ether oxygens (including phenoxy) is 1. The van der Waals surface area contributed by atoms with Crippen LogP contribution in [-0.2, 0) is 9.53 Å². The number of thioether (sulfide) groups is 1. The van der Waals surface area contributed by atoms with Gasteiger partial charge in [0.2, 0.25) is 0 Å². The Morgan fingerprint density at radius 3 is 2.35 bits per heavy atom. The summed E-state index contributed by atoms with van der Waals surface area (Å²) < 4.78 is 40.5. The van der Waals surface area contributed by atoms with Gasteiger partial charge in [0, 0.05) is 6.42 Å². The summed E-state index contributed by atoms with van der Waals surface area (Å²) in [6.45, 7) is 5.86. The zero-order valence-corrected chi connectivity index (χ0v) is 11.2. The summed E-state index contributed by atoms with van der Waals surface area (Å²) in [6.07, 6.45) is -4.87. The lowest BCUT2D eigenvalue weighted by Crippen LogP contribution is -2.20. The second kappa shape index (κ2) is 7.84. The molecular formula is C11H19F3O2S. The first-order valence-corrected chi connectivity index (χ1v) is 6.62. The average molecular weight is 272 g/mol. The molecule has 2 nitrogen and oxygen atoms in total. The van der Waals surface area contributed by atoms with Crippen molar-refractivity contribution in [3.05, 3.63) is 0 Å². The summed E-state index contributed by atoms with van der Waals surface area (Å²) in [4.78, 5) is 11.4. The van der Waals surface area contributed by atoms with Gasteiger partial charge < -0.3 is 4.74 Å². The molecule has 0 bridgehead atoms. The molecule has 1 unspecified atom stereocenters. The second-order valence-corrected chi connectivity index (χ2v) is 5.70. The molecule has 0 aliphatic rings. The molecule has 0 radical (unpaired) electrons. The van der Waals surface area contributed by atoms with Crippen LogP contribution in [0.2, 0.25) is 0 Å². The second-order valence-electron chi connectivity index (χ2n) is 4.26. The van der Waals surface area contributed by atoms with Crippen LogP contribution in [0.4, 0.5) is 13.2 Å². The highest BCUT2D eigenvalue weighted by Crippen LogP contribution is 2.23. The van der Waals surface area contributed by atoms with Crippen LogP contribution in [0.1, 0.15) is 33.6 Å². The van der Waals surface area contributed by atoms with Gasteiger partial charge >= 0.3 is 12.1 Å². The number of hydrogen-bond acceptors (Lipinski definition) is 3. The molecule has 0 heterocycles. The van der Waals surface area contributed by atoms with Crippen molar-refractivity contribution in [1.29, 1.82) is 0 Å². The lowest BCUT2D eigenvalue weighted by molar-refractivity contribution is -0.143. The summed E-state index contributed by atoms with van der Waals surface area (Å²) in [5, 5.41) is -0.401. The highest BCUT2D eigenvalue weighted by atomic mass is 32.2. The predicted molar refractivity (Wildman–Crippen MR) is 63.0 cm³/mol. The van der Waals surface area contributed by atoms with Gasteiger partial charge in [0.1, 0.15) is 0 Å². The molecule has 0 aliphatic carbocycles. The van der Waals surface area contributed by atoms with Crippen LogP contribution in [0.25, 0.3) is 0 Å². The Morgan fingerprint density at radius 2 is 1.88 bits per heavy atom. The molecule has 0 saturated carbocycles. The Morgan fingerprint density at radius 1 is 1.29 bits per heavy atom. The van der Waals surface area contributed by atoms with Gasteiger partial charge in [-0.05, 0) is 25.0 Å². The normalized spacial score (nSPS) is 13.8. The summed E-state index contributed by atoms with van der Waals surface area (Å²) in [7, 11) is 0. The van der Waals surface area contributed by atoms with Crippen LogP contribution in [0.5, 0.6) is 0 Å². The van der Waals surface area contributed by atoms with Gasteiger partial charge in [-0.3, -0.25) is 4.79 Å². The standard InChI is InChI=1S/C11H19F3O2S/c1-8(2)7-16-10(15)9(3)17-6-4-5-11(12,13)14/h8-9H,4-7H2,1-3H3. The zero-order valence-electron chi connectivity index (χ0n) is 10.3. The molecule has 0 amide bonds. The van der Waals surface area contributed by atoms with E-state index in [-0.39, 0.29) is 18.3 Å². The van der Waals surface area contributed by atoms with Gasteiger partial charge in [-0.2, -0.15) is 13.2 Å². The minimum atomic E-state index is -4.11. The van der Waals surface area contributed by atoms with Gasteiger partial charge in [0.05, 0.1) is 11.9 Å². The van der Waals surface area contributed by atoms with Crippen molar-refractivity contribution in [2.45, 2.75) is 45.0 Å². The van der Waals surface area contributed by atoms with Crippen LogP contribution >= 0.6 is 11.8 Å². The van der Waals surface area contributed by atoms with E-state index in [9.17, 15) is 18.0 Å². The SMILES string of the molecule is CC(C)COC(=O)C(C)SCCCC(F)(F)F. The first kappa shape index (κ1) is 16.6. The molecule has 102 valence electrons. The van der Waals surface area contributed by atoms with E-state index >= 15 is 0 Å². The van der Waals surface area contributed by atoms with Crippen LogP contribution < -0.4 is 0 Å². The van der Waals surface area contributed by atoms with Crippen molar-refractivity contribution in [2.75, 3.05) is 12.4 Å². The van der Waals surface area contributed by atoms with Gasteiger partial charge in [0.15, 0.2) is 0 Å². The largest absolute Gasteiger partial charge is 0.465 e. The lowest BCUT2D eigenvalue weighted by Gasteiger charge is -2.12. The van der Waals surface area contributed by atoms with E-state index in [4.69, 9.17) is 4.74 Å². The number of alkyl halides is 3. The molecule has 6 heteroatoms. The molecule has 0 aromatic rings. The van der Waals surface area contributed by atoms with Crippen LogP contribution in [0, 0.1) is 5.92 Å². The minimum absolute atomic E-state index is 0.0377. The number of carbonyl (C=O) groups excluding carboxylic acids is 1. The highest BCUT2D eigenvalue weighted by molar-refractivity contribution is 8.00. The van der Waals surface area contributed by atoms with Crippen molar-refractivity contribution in [3.8, 4) is 0 Å². The maximum Gasteiger partial charge on any atom is 0.389 e. The molecule has 0 aromatic carbocycles. The number of esters is 1. The first-order chi connectivity index (χ1) is 7.72. The topological polar surface area (TPSA) is 26.3 Å². The third-order valence-electron chi connectivity index (χ3n) is 1.86. The van der Waals surface area contributed by atoms with E-state index in [1.807, 2.05) is 13.8 Å². The monoisotopic (exact) mass is 272 g/mol. The summed E-state index contributed by atoms with van der Waals surface area (Å²) >= 11 is 1.20. The van der Waals surface area contributed by atoms with E-state index in [2.05, 4.69) is 0 Å². The Balaban J connectivity index is 3.64. The molecule has 0 saturated heterocycles. The Hall–Kier alpha value is -0.390. The Labute approximate surface area is 104 Å². The van der Waals surface area contributed by atoms with Gasteiger partial charge in [-0.1, -0.05) is 13.8 Å². The fourth-order valence-corrected chi connectivity index (χ4v) is 1.84. The molecule has 1 atom stereocenters. The number of rotatable bonds is 7. The number of carbonyl (C=O) groups is 1. The van der Waals surface area contributed by atoms with E-state index < -0.39 is 17.8 Å². The summed E-state index contributed by atoms with van der Waals surface area (Å²) in [5.41, 5.74) is 0. The van der Waals surface area contributed by atoms with Gasteiger partial charge in [0.25, 0.3) is 0 Å². The fourth-order valence-electron chi connectivity index (χ4n) is 0.967. The molecule has 0 fully saturated rings. The maximum atomic E-state index is 11.8. The molecule has 0 N–H and O–H groups in total. The van der Waals surface area contributed by atoms with Crippen molar-refractivity contribution < 1.29 is 22.7 Å². The summed E-state index contributed by atoms with van der Waals surface area (Å²) in [6, 6.07) is 0.